The molecule has 2 rings (SSSR count). The molecule has 2 aliphatic rings. The SMILES string of the molecule is CCC(NC(=O)C1CC1C(=O)O)C1CCCCC1. The molecule has 0 saturated heterocycles. The number of hydrogen-bond donors (Lipinski definition) is 2. The second kappa shape index (κ2) is 5.72. The minimum absolute atomic E-state index is 0.0418. The molecule has 0 spiro atoms. The van der Waals surface area contributed by atoms with Gasteiger partial charge in [-0.1, -0.05) is 26.2 Å². The summed E-state index contributed by atoms with van der Waals surface area (Å²) in [6, 6.07) is 0.243. The van der Waals surface area contributed by atoms with Crippen molar-refractivity contribution >= 4 is 11.9 Å². The van der Waals surface area contributed by atoms with Crippen LogP contribution in [0, 0.1) is 17.8 Å². The Morgan fingerprint density at radius 1 is 1.22 bits per heavy atom. The van der Waals surface area contributed by atoms with Gasteiger partial charge in [0.2, 0.25) is 5.91 Å². The van der Waals surface area contributed by atoms with E-state index in [9.17, 15) is 9.59 Å². The van der Waals surface area contributed by atoms with Crippen molar-refractivity contribution in [2.75, 3.05) is 0 Å². The molecule has 2 aliphatic carbocycles. The van der Waals surface area contributed by atoms with Gasteiger partial charge in [-0.2, -0.15) is 0 Å². The van der Waals surface area contributed by atoms with Gasteiger partial charge >= 0.3 is 5.97 Å². The van der Waals surface area contributed by atoms with Gasteiger partial charge in [0, 0.05) is 6.04 Å². The minimum atomic E-state index is -0.833. The van der Waals surface area contributed by atoms with Gasteiger partial charge in [-0.15, -0.1) is 0 Å². The Morgan fingerprint density at radius 3 is 2.39 bits per heavy atom. The first-order valence-corrected chi connectivity index (χ1v) is 7.16. The minimum Gasteiger partial charge on any atom is -0.481 e. The van der Waals surface area contributed by atoms with Gasteiger partial charge in [0.05, 0.1) is 11.8 Å². The molecule has 2 saturated carbocycles. The van der Waals surface area contributed by atoms with Crippen molar-refractivity contribution in [2.24, 2.45) is 17.8 Å². The van der Waals surface area contributed by atoms with Crippen molar-refractivity contribution in [3.8, 4) is 0 Å². The molecule has 0 aromatic rings. The summed E-state index contributed by atoms with van der Waals surface area (Å²) >= 11 is 0. The molecule has 0 aromatic carbocycles. The largest absolute Gasteiger partial charge is 0.481 e. The van der Waals surface area contributed by atoms with Crippen LogP contribution in [0.2, 0.25) is 0 Å². The maximum Gasteiger partial charge on any atom is 0.307 e. The molecule has 0 heterocycles. The van der Waals surface area contributed by atoms with Crippen molar-refractivity contribution in [1.82, 2.24) is 5.32 Å². The third kappa shape index (κ3) is 3.03. The summed E-state index contributed by atoms with van der Waals surface area (Å²) in [6.07, 6.45) is 7.70. The van der Waals surface area contributed by atoms with E-state index >= 15 is 0 Å². The van der Waals surface area contributed by atoms with Gasteiger partial charge in [0.15, 0.2) is 0 Å². The van der Waals surface area contributed by atoms with Crippen LogP contribution in [0.25, 0.3) is 0 Å². The molecule has 3 unspecified atom stereocenters. The van der Waals surface area contributed by atoms with E-state index in [4.69, 9.17) is 5.11 Å². The number of amides is 1. The van der Waals surface area contributed by atoms with E-state index < -0.39 is 11.9 Å². The van der Waals surface area contributed by atoms with Crippen LogP contribution in [0.15, 0.2) is 0 Å². The highest BCUT2D eigenvalue weighted by atomic mass is 16.4. The van der Waals surface area contributed by atoms with E-state index in [1.807, 2.05) is 0 Å². The van der Waals surface area contributed by atoms with E-state index in [-0.39, 0.29) is 17.9 Å². The molecular weight excluding hydrogens is 230 g/mol. The zero-order valence-electron chi connectivity index (χ0n) is 11.0. The summed E-state index contributed by atoms with van der Waals surface area (Å²) < 4.78 is 0. The second-order valence-corrected chi connectivity index (χ2v) is 5.71. The summed E-state index contributed by atoms with van der Waals surface area (Å²) in [7, 11) is 0. The van der Waals surface area contributed by atoms with Crippen LogP contribution >= 0.6 is 0 Å². The van der Waals surface area contributed by atoms with Gasteiger partial charge < -0.3 is 10.4 Å². The zero-order chi connectivity index (χ0) is 13.1. The van der Waals surface area contributed by atoms with Crippen LogP contribution < -0.4 is 5.32 Å². The van der Waals surface area contributed by atoms with E-state index in [1.54, 1.807) is 0 Å². The Labute approximate surface area is 108 Å². The summed E-state index contributed by atoms with van der Waals surface area (Å²) in [4.78, 5) is 22.7. The van der Waals surface area contributed by atoms with Gasteiger partial charge in [-0.05, 0) is 31.6 Å². The van der Waals surface area contributed by atoms with Crippen LogP contribution in [0.4, 0.5) is 0 Å². The average Bonchev–Trinajstić information content (AvgIpc) is 3.17. The topological polar surface area (TPSA) is 66.4 Å². The maximum atomic E-state index is 12.0. The highest BCUT2D eigenvalue weighted by molar-refractivity contribution is 5.89. The number of carboxylic acid groups (broad SMARTS) is 1. The summed E-state index contributed by atoms with van der Waals surface area (Å²) in [5.74, 6) is -0.996. The van der Waals surface area contributed by atoms with Crippen molar-refractivity contribution in [3.63, 3.8) is 0 Å². The molecule has 18 heavy (non-hydrogen) atoms. The third-order valence-electron chi connectivity index (χ3n) is 4.43. The monoisotopic (exact) mass is 253 g/mol. The lowest BCUT2D eigenvalue weighted by Gasteiger charge is -2.30. The van der Waals surface area contributed by atoms with Crippen LogP contribution in [-0.4, -0.2) is 23.0 Å². The summed E-state index contributed by atoms with van der Waals surface area (Å²) in [5.41, 5.74) is 0. The normalized spacial score (nSPS) is 29.6. The first-order valence-electron chi connectivity index (χ1n) is 7.16. The predicted molar refractivity (Wildman–Crippen MR) is 68.0 cm³/mol. The number of rotatable bonds is 5. The Hall–Kier alpha value is -1.06. The number of nitrogens with one attached hydrogen (secondary N) is 1. The molecule has 2 fully saturated rings. The molecule has 4 heteroatoms. The van der Waals surface area contributed by atoms with Gasteiger partial charge in [0.1, 0.15) is 0 Å². The van der Waals surface area contributed by atoms with Crippen LogP contribution in [0.5, 0.6) is 0 Å². The van der Waals surface area contributed by atoms with E-state index in [0.717, 1.165) is 6.42 Å². The number of carbonyl (C=O) groups is 2. The van der Waals surface area contributed by atoms with E-state index in [0.29, 0.717) is 12.3 Å². The van der Waals surface area contributed by atoms with E-state index in [1.165, 1.54) is 32.1 Å². The van der Waals surface area contributed by atoms with Gasteiger partial charge in [0.25, 0.3) is 0 Å². The lowest BCUT2D eigenvalue weighted by atomic mass is 9.83. The smallest absolute Gasteiger partial charge is 0.307 e. The highest BCUT2D eigenvalue weighted by Gasteiger charge is 2.48. The number of carbonyl (C=O) groups excluding carboxylic acids is 1. The van der Waals surface area contributed by atoms with E-state index in [2.05, 4.69) is 12.2 Å². The molecule has 4 nitrogen and oxygen atoms in total. The first-order chi connectivity index (χ1) is 8.63. The zero-order valence-corrected chi connectivity index (χ0v) is 11.0. The van der Waals surface area contributed by atoms with Crippen LogP contribution in [0.3, 0.4) is 0 Å². The lowest BCUT2D eigenvalue weighted by Crippen LogP contribution is -2.41. The van der Waals surface area contributed by atoms with Crippen LogP contribution in [-0.2, 0) is 9.59 Å². The van der Waals surface area contributed by atoms with Crippen molar-refractivity contribution in [1.29, 1.82) is 0 Å². The molecule has 2 N–H and O–H groups in total. The fourth-order valence-electron chi connectivity index (χ4n) is 3.14. The highest BCUT2D eigenvalue weighted by Crippen LogP contribution is 2.39. The summed E-state index contributed by atoms with van der Waals surface area (Å²) in [5, 5.41) is 11.9. The Balaban J connectivity index is 1.83. The van der Waals surface area contributed by atoms with Gasteiger partial charge in [-0.25, -0.2) is 0 Å². The third-order valence-corrected chi connectivity index (χ3v) is 4.43. The molecule has 1 amide bonds. The Kier molecular flexibility index (Phi) is 4.25. The standard InChI is InChI=1S/C14H23NO3/c1-2-12(9-6-4-3-5-7-9)15-13(16)10-8-11(10)14(17)18/h9-12H,2-8H2,1H3,(H,15,16)(H,17,18). The van der Waals surface area contributed by atoms with Crippen molar-refractivity contribution < 1.29 is 14.7 Å². The lowest BCUT2D eigenvalue weighted by molar-refractivity contribution is -0.140. The quantitative estimate of drug-likeness (QED) is 0.789. The van der Waals surface area contributed by atoms with Crippen molar-refractivity contribution in [3.05, 3.63) is 0 Å². The Bertz CT molecular complexity index is 323. The first kappa shape index (κ1) is 13.4. The van der Waals surface area contributed by atoms with Gasteiger partial charge in [-0.3, -0.25) is 9.59 Å². The average molecular weight is 253 g/mol. The number of hydrogen-bond acceptors (Lipinski definition) is 2. The fourth-order valence-corrected chi connectivity index (χ4v) is 3.14. The Morgan fingerprint density at radius 2 is 1.89 bits per heavy atom. The molecular formula is C14H23NO3. The number of carboxylic acids is 1. The molecule has 0 radical (unpaired) electrons. The predicted octanol–water partition coefficient (Wildman–Crippen LogP) is 2.18. The fraction of sp³-hybridized carbons (Fsp3) is 0.857. The number of aliphatic carboxylic acids is 1. The molecule has 0 aromatic heterocycles. The second-order valence-electron chi connectivity index (χ2n) is 5.71. The van der Waals surface area contributed by atoms with Crippen molar-refractivity contribution in [2.45, 2.75) is 57.9 Å². The molecule has 3 atom stereocenters. The summed E-state index contributed by atoms with van der Waals surface area (Å²) in [6.45, 7) is 2.10. The maximum absolute atomic E-state index is 12.0. The van der Waals surface area contributed by atoms with Crippen LogP contribution in [0.1, 0.15) is 51.9 Å². The molecule has 0 aliphatic heterocycles. The molecule has 102 valence electrons. The molecule has 0 bridgehead atoms.